The van der Waals surface area contributed by atoms with Crippen LogP contribution in [0.15, 0.2) is 24.3 Å². The lowest BCUT2D eigenvalue weighted by Crippen LogP contribution is -2.50. The number of hydrogen-bond donors (Lipinski definition) is 1. The largest absolute Gasteiger partial charge is 0.465 e. The maximum absolute atomic E-state index is 12.3. The second-order valence-corrected chi connectivity index (χ2v) is 7.10. The third kappa shape index (κ3) is 2.85. The lowest BCUT2D eigenvalue weighted by molar-refractivity contribution is 0.0190. The standard InChI is InChI=1S/C17H22N2O4/c1-17(2,3)23-16(22)18-9-8-14-12(10-18)11-6-4-5-7-13(11)19(14)15(20)21/h4-7,12,14H,8-10H2,1-3H3,(H,20,21)/t12-,14-/m1/s1. The molecule has 1 saturated heterocycles. The average Bonchev–Trinajstić information content (AvgIpc) is 2.79. The van der Waals surface area contributed by atoms with Gasteiger partial charge in [-0.2, -0.15) is 0 Å². The van der Waals surface area contributed by atoms with Gasteiger partial charge in [0.1, 0.15) is 5.60 Å². The lowest BCUT2D eigenvalue weighted by Gasteiger charge is -2.37. The predicted octanol–water partition coefficient (Wildman–Crippen LogP) is 3.28. The normalized spacial score (nSPS) is 23.3. The Bertz CT molecular complexity index is 638. The van der Waals surface area contributed by atoms with Crippen LogP contribution in [0.1, 0.15) is 38.7 Å². The van der Waals surface area contributed by atoms with Gasteiger partial charge in [0, 0.05) is 19.0 Å². The highest BCUT2D eigenvalue weighted by Gasteiger charge is 2.45. The minimum Gasteiger partial charge on any atom is -0.465 e. The maximum atomic E-state index is 12.3. The summed E-state index contributed by atoms with van der Waals surface area (Å²) in [6.45, 7) is 6.52. The summed E-state index contributed by atoms with van der Waals surface area (Å²) >= 11 is 0. The Hall–Kier alpha value is -2.24. The first-order valence-corrected chi connectivity index (χ1v) is 7.87. The molecule has 6 nitrogen and oxygen atoms in total. The van der Waals surface area contributed by atoms with E-state index in [2.05, 4.69) is 0 Å². The van der Waals surface area contributed by atoms with Crippen molar-refractivity contribution < 1.29 is 19.4 Å². The van der Waals surface area contributed by atoms with E-state index in [0.29, 0.717) is 19.5 Å². The molecule has 3 rings (SSSR count). The fourth-order valence-electron chi connectivity index (χ4n) is 3.49. The number of likely N-dealkylation sites (tertiary alicyclic amines) is 1. The molecule has 23 heavy (non-hydrogen) atoms. The SMILES string of the molecule is CC(C)(C)OC(=O)N1CC[C@@H]2[C@H](C1)c1ccccc1N2C(=O)O. The monoisotopic (exact) mass is 318 g/mol. The number of rotatable bonds is 0. The highest BCUT2D eigenvalue weighted by atomic mass is 16.6. The average molecular weight is 318 g/mol. The second-order valence-electron chi connectivity index (χ2n) is 7.10. The third-order valence-corrected chi connectivity index (χ3v) is 4.36. The predicted molar refractivity (Wildman–Crippen MR) is 85.9 cm³/mol. The van der Waals surface area contributed by atoms with E-state index in [1.54, 1.807) is 4.90 Å². The summed E-state index contributed by atoms with van der Waals surface area (Å²) in [4.78, 5) is 27.1. The van der Waals surface area contributed by atoms with E-state index in [-0.39, 0.29) is 18.1 Å². The van der Waals surface area contributed by atoms with Crippen LogP contribution in [0.2, 0.25) is 0 Å². The summed E-state index contributed by atoms with van der Waals surface area (Å²) in [6.07, 6.45) is -0.650. The van der Waals surface area contributed by atoms with Crippen molar-refractivity contribution in [3.05, 3.63) is 29.8 Å². The van der Waals surface area contributed by atoms with Gasteiger partial charge in [0.15, 0.2) is 0 Å². The van der Waals surface area contributed by atoms with Crippen LogP contribution in [-0.4, -0.2) is 46.9 Å². The molecule has 6 heteroatoms. The van der Waals surface area contributed by atoms with Crippen molar-refractivity contribution in [3.63, 3.8) is 0 Å². The molecule has 1 aromatic carbocycles. The van der Waals surface area contributed by atoms with E-state index in [1.165, 1.54) is 4.90 Å². The van der Waals surface area contributed by atoms with Crippen LogP contribution in [0, 0.1) is 0 Å². The number of carbonyl (C=O) groups is 2. The highest BCUT2D eigenvalue weighted by Crippen LogP contribution is 2.44. The van der Waals surface area contributed by atoms with Crippen LogP contribution in [-0.2, 0) is 4.74 Å². The first-order valence-electron chi connectivity index (χ1n) is 7.87. The molecule has 0 spiro atoms. The number of fused-ring (bicyclic) bond motifs is 3. The molecule has 0 saturated carbocycles. The van der Waals surface area contributed by atoms with Gasteiger partial charge in [0.25, 0.3) is 0 Å². The van der Waals surface area contributed by atoms with Crippen molar-refractivity contribution in [1.82, 2.24) is 4.90 Å². The molecule has 2 aliphatic rings. The molecule has 2 heterocycles. The van der Waals surface area contributed by atoms with Gasteiger partial charge in [-0.15, -0.1) is 0 Å². The zero-order valence-electron chi connectivity index (χ0n) is 13.7. The summed E-state index contributed by atoms with van der Waals surface area (Å²) in [7, 11) is 0. The molecule has 2 amide bonds. The number of nitrogens with zero attached hydrogens (tertiary/aromatic N) is 2. The van der Waals surface area contributed by atoms with Gasteiger partial charge in [-0.3, -0.25) is 4.90 Å². The van der Waals surface area contributed by atoms with Crippen molar-refractivity contribution in [2.24, 2.45) is 0 Å². The molecule has 1 fully saturated rings. The van der Waals surface area contributed by atoms with Crippen molar-refractivity contribution in [2.75, 3.05) is 18.0 Å². The van der Waals surface area contributed by atoms with E-state index in [9.17, 15) is 14.7 Å². The third-order valence-electron chi connectivity index (χ3n) is 4.36. The van der Waals surface area contributed by atoms with Crippen LogP contribution in [0.4, 0.5) is 15.3 Å². The number of amides is 2. The van der Waals surface area contributed by atoms with E-state index < -0.39 is 11.7 Å². The van der Waals surface area contributed by atoms with Gasteiger partial charge < -0.3 is 14.7 Å². The minimum atomic E-state index is -0.935. The fraction of sp³-hybridized carbons (Fsp3) is 0.529. The van der Waals surface area contributed by atoms with Crippen molar-refractivity contribution in [3.8, 4) is 0 Å². The number of anilines is 1. The van der Waals surface area contributed by atoms with Crippen LogP contribution < -0.4 is 4.90 Å². The van der Waals surface area contributed by atoms with E-state index in [1.807, 2.05) is 45.0 Å². The molecular formula is C17H22N2O4. The van der Waals surface area contributed by atoms with Crippen molar-refractivity contribution >= 4 is 17.9 Å². The molecule has 1 N–H and O–H groups in total. The molecular weight excluding hydrogens is 296 g/mol. The van der Waals surface area contributed by atoms with Gasteiger partial charge in [-0.25, -0.2) is 9.59 Å². The van der Waals surface area contributed by atoms with Gasteiger partial charge in [0.2, 0.25) is 0 Å². The number of hydrogen-bond acceptors (Lipinski definition) is 3. The number of carbonyl (C=O) groups excluding carboxylic acids is 1. The quantitative estimate of drug-likeness (QED) is 0.797. The first kappa shape index (κ1) is 15.6. The summed E-state index contributed by atoms with van der Waals surface area (Å²) < 4.78 is 5.44. The molecule has 0 aromatic heterocycles. The molecule has 2 aliphatic heterocycles. The molecule has 2 atom stereocenters. The molecule has 0 aliphatic carbocycles. The molecule has 0 unspecified atom stereocenters. The van der Waals surface area contributed by atoms with E-state index in [4.69, 9.17) is 4.74 Å². The lowest BCUT2D eigenvalue weighted by atomic mass is 9.89. The zero-order chi connectivity index (χ0) is 16.8. The van der Waals surface area contributed by atoms with Crippen LogP contribution >= 0.6 is 0 Å². The van der Waals surface area contributed by atoms with Gasteiger partial charge in [0.05, 0.1) is 11.7 Å². The van der Waals surface area contributed by atoms with Crippen LogP contribution in [0.3, 0.4) is 0 Å². The summed E-state index contributed by atoms with van der Waals surface area (Å²) in [5, 5.41) is 9.55. The zero-order valence-corrected chi connectivity index (χ0v) is 13.7. The molecule has 1 aromatic rings. The van der Waals surface area contributed by atoms with E-state index in [0.717, 1.165) is 11.3 Å². The van der Waals surface area contributed by atoms with Gasteiger partial charge in [-0.05, 0) is 38.8 Å². The number of ether oxygens (including phenoxy) is 1. The van der Waals surface area contributed by atoms with E-state index >= 15 is 0 Å². The van der Waals surface area contributed by atoms with Crippen LogP contribution in [0.5, 0.6) is 0 Å². The van der Waals surface area contributed by atoms with Gasteiger partial charge >= 0.3 is 12.2 Å². The van der Waals surface area contributed by atoms with Crippen LogP contribution in [0.25, 0.3) is 0 Å². The fourth-order valence-corrected chi connectivity index (χ4v) is 3.49. The topological polar surface area (TPSA) is 70.1 Å². The summed E-state index contributed by atoms with van der Waals surface area (Å²) in [5.74, 6) is 0.00330. The maximum Gasteiger partial charge on any atom is 0.412 e. The Balaban J connectivity index is 1.84. The number of benzene rings is 1. The number of piperidine rings is 1. The Kier molecular flexibility index (Phi) is 3.70. The Morgan fingerprint density at radius 2 is 1.96 bits per heavy atom. The second kappa shape index (κ2) is 5.44. The summed E-state index contributed by atoms with van der Waals surface area (Å²) in [5.41, 5.74) is 1.20. The molecule has 124 valence electrons. The van der Waals surface area contributed by atoms with Crippen molar-refractivity contribution in [1.29, 1.82) is 0 Å². The number of carboxylic acid groups (broad SMARTS) is 1. The van der Waals surface area contributed by atoms with Crippen molar-refractivity contribution in [2.45, 2.75) is 44.8 Å². The summed E-state index contributed by atoms with van der Waals surface area (Å²) in [6, 6.07) is 7.43. The minimum absolute atomic E-state index is 0.00330. The molecule has 0 radical (unpaired) electrons. The number of para-hydroxylation sites is 1. The molecule has 0 bridgehead atoms. The first-order chi connectivity index (χ1) is 10.8. The Morgan fingerprint density at radius 1 is 1.26 bits per heavy atom. The Morgan fingerprint density at radius 3 is 2.61 bits per heavy atom. The van der Waals surface area contributed by atoms with Gasteiger partial charge in [-0.1, -0.05) is 18.2 Å². The Labute approximate surface area is 135 Å². The smallest absolute Gasteiger partial charge is 0.412 e. The highest BCUT2D eigenvalue weighted by molar-refractivity contribution is 5.90.